The molecule has 0 radical (unpaired) electrons. The van der Waals surface area contributed by atoms with Gasteiger partial charge in [-0.25, -0.2) is 9.07 Å². The minimum Gasteiger partial charge on any atom is -0.457 e. The number of aromatic nitrogens is 3. The number of ether oxygens (including phenoxy) is 1. The summed E-state index contributed by atoms with van der Waals surface area (Å²) in [6.07, 6.45) is 0. The first kappa shape index (κ1) is 18.1. The first-order valence-electron chi connectivity index (χ1n) is 9.46. The number of rotatable bonds is 3. The van der Waals surface area contributed by atoms with Crippen LogP contribution in [0.5, 0.6) is 11.5 Å². The Morgan fingerprint density at radius 1 is 0.967 bits per heavy atom. The van der Waals surface area contributed by atoms with Crippen molar-refractivity contribution < 1.29 is 13.9 Å². The van der Waals surface area contributed by atoms with Crippen molar-refractivity contribution in [3.8, 4) is 17.2 Å². The molecule has 0 fully saturated rings. The maximum atomic E-state index is 13.2. The van der Waals surface area contributed by atoms with E-state index in [0.717, 1.165) is 11.1 Å². The number of halogens is 1. The standard InChI is InChI=1S/C23H17FN4O2/c1-14-21(26-27-28(14)16-12-10-15(24)11-13-16)23(29)25-22-17-6-2-4-8-19(17)30-20-9-5-3-7-18(20)22/h2-13,22H,1H3,(H,25,29). The third-order valence-corrected chi connectivity index (χ3v) is 5.14. The molecule has 1 aliphatic heterocycles. The van der Waals surface area contributed by atoms with E-state index < -0.39 is 0 Å². The fourth-order valence-electron chi connectivity index (χ4n) is 3.63. The number of benzene rings is 3. The average Bonchev–Trinajstić information content (AvgIpc) is 3.15. The monoisotopic (exact) mass is 400 g/mol. The second-order valence-corrected chi connectivity index (χ2v) is 7.00. The van der Waals surface area contributed by atoms with Crippen molar-refractivity contribution in [2.75, 3.05) is 0 Å². The molecule has 0 spiro atoms. The number of hydrogen-bond acceptors (Lipinski definition) is 4. The Balaban J connectivity index is 1.49. The van der Waals surface area contributed by atoms with Gasteiger partial charge in [0.15, 0.2) is 5.69 Å². The Kier molecular flexibility index (Phi) is 4.28. The lowest BCUT2D eigenvalue weighted by Gasteiger charge is -2.28. The smallest absolute Gasteiger partial charge is 0.274 e. The molecule has 7 heteroatoms. The lowest BCUT2D eigenvalue weighted by Crippen LogP contribution is -2.32. The van der Waals surface area contributed by atoms with Gasteiger partial charge in [-0.1, -0.05) is 41.6 Å². The van der Waals surface area contributed by atoms with E-state index in [1.807, 2.05) is 48.5 Å². The second-order valence-electron chi connectivity index (χ2n) is 7.00. The number of carbonyl (C=O) groups excluding carboxylic acids is 1. The van der Waals surface area contributed by atoms with Crippen molar-refractivity contribution in [2.24, 2.45) is 0 Å². The summed E-state index contributed by atoms with van der Waals surface area (Å²) in [6, 6.07) is 20.7. The number of para-hydroxylation sites is 2. The van der Waals surface area contributed by atoms with Crippen molar-refractivity contribution in [1.29, 1.82) is 0 Å². The summed E-state index contributed by atoms with van der Waals surface area (Å²) in [6.45, 7) is 1.75. The van der Waals surface area contributed by atoms with Gasteiger partial charge in [0.25, 0.3) is 5.91 Å². The van der Waals surface area contributed by atoms with E-state index in [9.17, 15) is 9.18 Å². The van der Waals surface area contributed by atoms with Crippen LogP contribution in [0.3, 0.4) is 0 Å². The zero-order valence-electron chi connectivity index (χ0n) is 16.0. The number of fused-ring (bicyclic) bond motifs is 2. The zero-order valence-corrected chi connectivity index (χ0v) is 16.0. The van der Waals surface area contributed by atoms with Crippen molar-refractivity contribution >= 4 is 5.91 Å². The summed E-state index contributed by atoms with van der Waals surface area (Å²) in [4.78, 5) is 13.1. The Morgan fingerprint density at radius 3 is 2.20 bits per heavy atom. The van der Waals surface area contributed by atoms with Crippen LogP contribution < -0.4 is 10.1 Å². The molecule has 0 saturated heterocycles. The Hall–Kier alpha value is -4.00. The van der Waals surface area contributed by atoms with Crippen LogP contribution in [0.4, 0.5) is 4.39 Å². The molecule has 0 unspecified atom stereocenters. The molecule has 1 aromatic heterocycles. The first-order chi connectivity index (χ1) is 14.6. The van der Waals surface area contributed by atoms with E-state index in [0.29, 0.717) is 22.9 Å². The second kappa shape index (κ2) is 7.11. The normalized spacial score (nSPS) is 12.6. The van der Waals surface area contributed by atoms with Crippen LogP contribution in [0.25, 0.3) is 5.69 Å². The molecule has 0 atom stereocenters. The number of nitrogens with zero attached hydrogens (tertiary/aromatic N) is 3. The van der Waals surface area contributed by atoms with Crippen molar-refractivity contribution in [1.82, 2.24) is 20.3 Å². The van der Waals surface area contributed by atoms with Crippen molar-refractivity contribution in [3.05, 3.63) is 101 Å². The van der Waals surface area contributed by atoms with Crippen LogP contribution in [-0.4, -0.2) is 20.9 Å². The quantitative estimate of drug-likeness (QED) is 0.555. The molecule has 1 amide bonds. The Bertz CT molecular complexity index is 1200. The highest BCUT2D eigenvalue weighted by Crippen LogP contribution is 2.42. The molecule has 0 bridgehead atoms. The fourth-order valence-corrected chi connectivity index (χ4v) is 3.63. The van der Waals surface area contributed by atoms with Gasteiger partial charge in [0.1, 0.15) is 17.3 Å². The SMILES string of the molecule is Cc1c(C(=O)NC2c3ccccc3Oc3ccccc32)nnn1-c1ccc(F)cc1. The van der Waals surface area contributed by atoms with E-state index in [2.05, 4.69) is 15.6 Å². The molecule has 0 aliphatic carbocycles. The van der Waals surface area contributed by atoms with Gasteiger partial charge >= 0.3 is 0 Å². The third-order valence-electron chi connectivity index (χ3n) is 5.14. The lowest BCUT2D eigenvalue weighted by atomic mass is 9.94. The Labute approximate surface area is 171 Å². The third kappa shape index (κ3) is 3.00. The molecule has 4 aromatic rings. The molecule has 30 heavy (non-hydrogen) atoms. The average molecular weight is 400 g/mol. The van der Waals surface area contributed by atoms with Crippen molar-refractivity contribution in [3.63, 3.8) is 0 Å². The highest BCUT2D eigenvalue weighted by Gasteiger charge is 2.29. The summed E-state index contributed by atoms with van der Waals surface area (Å²) >= 11 is 0. The highest BCUT2D eigenvalue weighted by atomic mass is 19.1. The van der Waals surface area contributed by atoms with E-state index in [1.54, 1.807) is 19.1 Å². The molecular formula is C23H17FN4O2. The molecule has 2 heterocycles. The van der Waals surface area contributed by atoms with E-state index >= 15 is 0 Å². The fraction of sp³-hybridized carbons (Fsp3) is 0.0870. The van der Waals surface area contributed by atoms with Gasteiger partial charge in [-0.05, 0) is 43.3 Å². The summed E-state index contributed by atoms with van der Waals surface area (Å²) < 4.78 is 20.7. The van der Waals surface area contributed by atoms with Crippen LogP contribution in [0.1, 0.15) is 33.4 Å². The van der Waals surface area contributed by atoms with E-state index in [-0.39, 0.29) is 23.5 Å². The predicted molar refractivity (Wildman–Crippen MR) is 108 cm³/mol. The van der Waals surface area contributed by atoms with Gasteiger partial charge < -0.3 is 10.1 Å². The van der Waals surface area contributed by atoms with E-state index in [4.69, 9.17) is 4.74 Å². The molecule has 148 valence electrons. The molecule has 1 N–H and O–H groups in total. The summed E-state index contributed by atoms with van der Waals surface area (Å²) in [7, 11) is 0. The van der Waals surface area contributed by atoms with Crippen LogP contribution in [0.15, 0.2) is 72.8 Å². The van der Waals surface area contributed by atoms with Crippen LogP contribution >= 0.6 is 0 Å². The summed E-state index contributed by atoms with van der Waals surface area (Å²) in [5, 5.41) is 11.2. The summed E-state index contributed by atoms with van der Waals surface area (Å²) in [5.41, 5.74) is 3.14. The van der Waals surface area contributed by atoms with Crippen LogP contribution in [0.2, 0.25) is 0 Å². The van der Waals surface area contributed by atoms with Crippen molar-refractivity contribution in [2.45, 2.75) is 13.0 Å². The molecule has 0 saturated carbocycles. The Morgan fingerprint density at radius 2 is 1.57 bits per heavy atom. The van der Waals surface area contributed by atoms with Gasteiger partial charge in [0.2, 0.25) is 0 Å². The highest BCUT2D eigenvalue weighted by molar-refractivity contribution is 5.94. The van der Waals surface area contributed by atoms with Gasteiger partial charge in [-0.3, -0.25) is 4.79 Å². The van der Waals surface area contributed by atoms with Gasteiger partial charge in [-0.15, -0.1) is 5.10 Å². The van der Waals surface area contributed by atoms with Gasteiger partial charge in [-0.2, -0.15) is 0 Å². The zero-order chi connectivity index (χ0) is 20.7. The number of nitrogens with one attached hydrogen (secondary N) is 1. The lowest BCUT2D eigenvalue weighted by molar-refractivity contribution is 0.0935. The minimum absolute atomic E-state index is 0.209. The van der Waals surface area contributed by atoms with Crippen LogP contribution in [-0.2, 0) is 0 Å². The minimum atomic E-state index is -0.381. The number of amides is 1. The largest absolute Gasteiger partial charge is 0.457 e. The molecule has 5 rings (SSSR count). The van der Waals surface area contributed by atoms with Gasteiger partial charge in [0.05, 0.1) is 17.4 Å². The summed E-state index contributed by atoms with van der Waals surface area (Å²) in [5.74, 6) is 0.713. The topological polar surface area (TPSA) is 69.0 Å². The molecule has 1 aliphatic rings. The first-order valence-corrected chi connectivity index (χ1v) is 9.46. The number of hydrogen-bond donors (Lipinski definition) is 1. The van der Waals surface area contributed by atoms with Gasteiger partial charge in [0, 0.05) is 11.1 Å². The van der Waals surface area contributed by atoms with E-state index in [1.165, 1.54) is 16.8 Å². The maximum Gasteiger partial charge on any atom is 0.274 e. The molecule has 3 aromatic carbocycles. The number of carbonyl (C=O) groups is 1. The molecular weight excluding hydrogens is 383 g/mol. The predicted octanol–water partition coefficient (Wildman–Crippen LogP) is 4.34. The van der Waals surface area contributed by atoms with Crippen LogP contribution in [0, 0.1) is 12.7 Å². The maximum absolute atomic E-state index is 13.2. The molecule has 6 nitrogen and oxygen atoms in total.